The first-order valence-corrected chi connectivity index (χ1v) is 3.70. The summed E-state index contributed by atoms with van der Waals surface area (Å²) >= 11 is 0. The van der Waals surface area contributed by atoms with Crippen LogP contribution in [0.3, 0.4) is 0 Å². The molecule has 72 valence electrons. The maximum absolute atomic E-state index is 10.5. The van der Waals surface area contributed by atoms with E-state index in [1.54, 1.807) is 7.11 Å². The lowest BCUT2D eigenvalue weighted by Gasteiger charge is -2.26. The molecule has 0 amide bonds. The molecule has 4 nitrogen and oxygen atoms in total. The molecule has 0 aromatic heterocycles. The van der Waals surface area contributed by atoms with E-state index in [1.165, 1.54) is 0 Å². The summed E-state index contributed by atoms with van der Waals surface area (Å²) in [6.45, 7) is 1.33. The second-order valence-electron chi connectivity index (χ2n) is 2.79. The van der Waals surface area contributed by atoms with Crippen molar-refractivity contribution in [3.63, 3.8) is 0 Å². The fourth-order valence-electron chi connectivity index (χ4n) is 1.27. The Labute approximate surface area is 77.7 Å². The minimum Gasteiger partial charge on any atom is -0.481 e. The largest absolute Gasteiger partial charge is 0.481 e. The molecular formula is C7H14ClNO3. The highest BCUT2D eigenvalue weighted by atomic mass is 35.5. The summed E-state index contributed by atoms with van der Waals surface area (Å²) < 4.78 is 5.05. The van der Waals surface area contributed by atoms with Gasteiger partial charge in [0.2, 0.25) is 0 Å². The van der Waals surface area contributed by atoms with Crippen LogP contribution in [0.25, 0.3) is 0 Å². The van der Waals surface area contributed by atoms with Gasteiger partial charge in [0.15, 0.2) is 0 Å². The Hall–Kier alpha value is -0.320. The molecule has 1 rings (SSSR count). The van der Waals surface area contributed by atoms with E-state index in [4.69, 9.17) is 9.84 Å². The minimum atomic E-state index is -0.737. The normalized spacial score (nSPS) is 29.1. The molecule has 1 saturated heterocycles. The summed E-state index contributed by atoms with van der Waals surface area (Å²) in [5.74, 6) is -1.02. The van der Waals surface area contributed by atoms with Gasteiger partial charge in [-0.1, -0.05) is 0 Å². The van der Waals surface area contributed by atoms with Crippen LogP contribution in [0, 0.1) is 5.92 Å². The average Bonchev–Trinajstić information content (AvgIpc) is 2.05. The molecule has 5 heteroatoms. The van der Waals surface area contributed by atoms with Crippen LogP contribution in [-0.4, -0.2) is 37.4 Å². The van der Waals surface area contributed by atoms with Crippen molar-refractivity contribution < 1.29 is 14.6 Å². The van der Waals surface area contributed by atoms with Crippen LogP contribution in [0.4, 0.5) is 0 Å². The standard InChI is InChI=1S/C7H13NO3.ClH/c1-11-6-2-5(7(9)10)3-8-4-6;/h5-6,8H,2-4H2,1H3,(H,9,10);1H. The van der Waals surface area contributed by atoms with Crippen LogP contribution in [0.15, 0.2) is 0 Å². The van der Waals surface area contributed by atoms with Gasteiger partial charge in [-0.15, -0.1) is 12.4 Å². The van der Waals surface area contributed by atoms with Crippen molar-refractivity contribution in [2.75, 3.05) is 20.2 Å². The highest BCUT2D eigenvalue weighted by Crippen LogP contribution is 2.12. The number of nitrogens with one attached hydrogen (secondary N) is 1. The lowest BCUT2D eigenvalue weighted by Crippen LogP contribution is -2.43. The SMILES string of the molecule is COC1CNCC(C(=O)O)C1.Cl. The number of carboxylic acid groups (broad SMARTS) is 1. The second-order valence-corrected chi connectivity index (χ2v) is 2.79. The Balaban J connectivity index is 0.00000121. The zero-order chi connectivity index (χ0) is 8.27. The van der Waals surface area contributed by atoms with Gasteiger partial charge >= 0.3 is 5.97 Å². The van der Waals surface area contributed by atoms with E-state index in [0.717, 1.165) is 6.54 Å². The third-order valence-electron chi connectivity index (χ3n) is 1.99. The fourth-order valence-corrected chi connectivity index (χ4v) is 1.27. The van der Waals surface area contributed by atoms with E-state index < -0.39 is 5.97 Å². The number of aliphatic carboxylic acids is 1. The first-order chi connectivity index (χ1) is 5.24. The van der Waals surface area contributed by atoms with Crippen LogP contribution in [0.5, 0.6) is 0 Å². The molecule has 1 aliphatic rings. The number of carbonyl (C=O) groups is 1. The molecule has 0 aromatic carbocycles. The number of methoxy groups -OCH3 is 1. The minimum absolute atomic E-state index is 0. The Morgan fingerprint density at radius 2 is 2.25 bits per heavy atom. The molecule has 1 aliphatic heterocycles. The predicted molar refractivity (Wildman–Crippen MR) is 46.7 cm³/mol. The van der Waals surface area contributed by atoms with E-state index in [1.807, 2.05) is 0 Å². The molecule has 1 heterocycles. The Morgan fingerprint density at radius 1 is 1.58 bits per heavy atom. The molecule has 2 atom stereocenters. The summed E-state index contributed by atoms with van der Waals surface area (Å²) in [5, 5.41) is 11.7. The van der Waals surface area contributed by atoms with Gasteiger partial charge in [0.1, 0.15) is 0 Å². The van der Waals surface area contributed by atoms with Gasteiger partial charge in [0.05, 0.1) is 12.0 Å². The Morgan fingerprint density at radius 3 is 2.75 bits per heavy atom. The van der Waals surface area contributed by atoms with E-state index in [2.05, 4.69) is 5.32 Å². The maximum Gasteiger partial charge on any atom is 0.307 e. The van der Waals surface area contributed by atoms with Crippen molar-refractivity contribution in [3.05, 3.63) is 0 Å². The second kappa shape index (κ2) is 5.35. The quantitative estimate of drug-likeness (QED) is 0.657. The molecule has 0 aromatic rings. The lowest BCUT2D eigenvalue weighted by atomic mass is 9.98. The van der Waals surface area contributed by atoms with Gasteiger partial charge in [-0.2, -0.15) is 0 Å². The highest BCUT2D eigenvalue weighted by molar-refractivity contribution is 5.85. The Bertz CT molecular complexity index is 154. The summed E-state index contributed by atoms with van der Waals surface area (Å²) in [6, 6.07) is 0. The van der Waals surface area contributed by atoms with E-state index >= 15 is 0 Å². The number of ether oxygens (including phenoxy) is 1. The van der Waals surface area contributed by atoms with Gasteiger partial charge in [0.25, 0.3) is 0 Å². The predicted octanol–water partition coefficient (Wildman–Crippen LogP) is 0.117. The number of halogens is 1. The summed E-state index contributed by atoms with van der Waals surface area (Å²) in [6.07, 6.45) is 0.684. The van der Waals surface area contributed by atoms with Crippen LogP contribution in [0.1, 0.15) is 6.42 Å². The van der Waals surface area contributed by atoms with Crippen LogP contribution < -0.4 is 5.32 Å². The summed E-state index contributed by atoms with van der Waals surface area (Å²) in [7, 11) is 1.61. The summed E-state index contributed by atoms with van der Waals surface area (Å²) in [4.78, 5) is 10.5. The monoisotopic (exact) mass is 195 g/mol. The molecule has 0 saturated carbocycles. The van der Waals surface area contributed by atoms with Crippen molar-refractivity contribution in [1.82, 2.24) is 5.32 Å². The molecule has 0 radical (unpaired) electrons. The number of rotatable bonds is 2. The van der Waals surface area contributed by atoms with Gasteiger partial charge in [-0.05, 0) is 6.42 Å². The molecule has 2 N–H and O–H groups in total. The molecule has 0 aliphatic carbocycles. The first kappa shape index (κ1) is 11.7. The van der Waals surface area contributed by atoms with E-state index in [-0.39, 0.29) is 24.4 Å². The van der Waals surface area contributed by atoms with Gasteiger partial charge in [-0.25, -0.2) is 0 Å². The molecule has 0 bridgehead atoms. The van der Waals surface area contributed by atoms with Gasteiger partial charge < -0.3 is 15.2 Å². The molecule has 2 unspecified atom stereocenters. The van der Waals surface area contributed by atoms with Crippen LogP contribution >= 0.6 is 12.4 Å². The third kappa shape index (κ3) is 2.97. The highest BCUT2D eigenvalue weighted by Gasteiger charge is 2.26. The fraction of sp³-hybridized carbons (Fsp3) is 0.857. The van der Waals surface area contributed by atoms with Gasteiger partial charge in [0, 0.05) is 20.2 Å². The average molecular weight is 196 g/mol. The number of hydrogen-bond donors (Lipinski definition) is 2. The van der Waals surface area contributed by atoms with Crippen molar-refractivity contribution >= 4 is 18.4 Å². The van der Waals surface area contributed by atoms with E-state index in [9.17, 15) is 4.79 Å². The van der Waals surface area contributed by atoms with Crippen molar-refractivity contribution in [1.29, 1.82) is 0 Å². The van der Waals surface area contributed by atoms with Gasteiger partial charge in [-0.3, -0.25) is 4.79 Å². The summed E-state index contributed by atoms with van der Waals surface area (Å²) in [5.41, 5.74) is 0. The maximum atomic E-state index is 10.5. The number of piperidine rings is 1. The van der Waals surface area contributed by atoms with Crippen molar-refractivity contribution in [3.8, 4) is 0 Å². The molecule has 1 fully saturated rings. The number of hydrogen-bond acceptors (Lipinski definition) is 3. The van der Waals surface area contributed by atoms with E-state index in [0.29, 0.717) is 13.0 Å². The zero-order valence-corrected chi connectivity index (χ0v) is 7.76. The third-order valence-corrected chi connectivity index (χ3v) is 1.99. The molecule has 0 spiro atoms. The Kier molecular flexibility index (Phi) is 5.20. The smallest absolute Gasteiger partial charge is 0.307 e. The topological polar surface area (TPSA) is 58.6 Å². The molecule has 12 heavy (non-hydrogen) atoms. The number of carboxylic acids is 1. The first-order valence-electron chi connectivity index (χ1n) is 3.70. The van der Waals surface area contributed by atoms with Crippen LogP contribution in [0.2, 0.25) is 0 Å². The lowest BCUT2D eigenvalue weighted by molar-refractivity contribution is -0.143. The van der Waals surface area contributed by atoms with Crippen molar-refractivity contribution in [2.24, 2.45) is 5.92 Å². The van der Waals surface area contributed by atoms with Crippen LogP contribution in [-0.2, 0) is 9.53 Å². The van der Waals surface area contributed by atoms with Crippen molar-refractivity contribution in [2.45, 2.75) is 12.5 Å². The molecular weight excluding hydrogens is 182 g/mol. The zero-order valence-electron chi connectivity index (χ0n) is 6.95.